The first-order valence-corrected chi connectivity index (χ1v) is 6.80. The van der Waals surface area contributed by atoms with E-state index in [9.17, 15) is 4.79 Å². The molecule has 0 N–H and O–H groups in total. The molecular formula is C15H22N2O2. The molecule has 1 aliphatic heterocycles. The number of benzene rings is 1. The number of esters is 1. The summed E-state index contributed by atoms with van der Waals surface area (Å²) in [6.07, 6.45) is 0. The van der Waals surface area contributed by atoms with Gasteiger partial charge in [-0.1, -0.05) is 17.7 Å². The van der Waals surface area contributed by atoms with E-state index in [-0.39, 0.29) is 5.97 Å². The minimum atomic E-state index is -0.228. The van der Waals surface area contributed by atoms with E-state index < -0.39 is 0 Å². The molecule has 1 aromatic rings. The molecule has 1 aromatic carbocycles. The second-order valence-corrected chi connectivity index (χ2v) is 5.15. The Bertz CT molecular complexity index is 409. The number of hydrogen-bond acceptors (Lipinski definition) is 4. The average molecular weight is 262 g/mol. The van der Waals surface area contributed by atoms with Gasteiger partial charge < -0.3 is 9.64 Å². The van der Waals surface area contributed by atoms with Crippen LogP contribution in [0.3, 0.4) is 0 Å². The van der Waals surface area contributed by atoms with Crippen molar-refractivity contribution in [3.63, 3.8) is 0 Å². The first-order valence-electron chi connectivity index (χ1n) is 6.80. The maximum Gasteiger partial charge on any atom is 0.338 e. The van der Waals surface area contributed by atoms with E-state index in [2.05, 4.69) is 16.8 Å². The predicted octanol–water partition coefficient (Wildman–Crippen LogP) is 1.40. The van der Waals surface area contributed by atoms with Gasteiger partial charge in [-0.05, 0) is 26.1 Å². The Morgan fingerprint density at radius 2 is 1.79 bits per heavy atom. The molecule has 19 heavy (non-hydrogen) atoms. The highest BCUT2D eigenvalue weighted by atomic mass is 16.5. The smallest absolute Gasteiger partial charge is 0.338 e. The lowest BCUT2D eigenvalue weighted by atomic mass is 10.1. The number of carbonyl (C=O) groups is 1. The molecule has 0 aromatic heterocycles. The van der Waals surface area contributed by atoms with Crippen molar-refractivity contribution >= 4 is 5.97 Å². The second kappa shape index (κ2) is 6.68. The van der Waals surface area contributed by atoms with Gasteiger partial charge in [-0.15, -0.1) is 0 Å². The Labute approximate surface area is 115 Å². The van der Waals surface area contributed by atoms with Crippen molar-refractivity contribution in [3.05, 3.63) is 35.4 Å². The van der Waals surface area contributed by atoms with Gasteiger partial charge in [0.1, 0.15) is 6.61 Å². The van der Waals surface area contributed by atoms with Gasteiger partial charge in [0.05, 0.1) is 5.56 Å². The lowest BCUT2D eigenvalue weighted by Gasteiger charge is -2.32. The van der Waals surface area contributed by atoms with E-state index in [4.69, 9.17) is 4.74 Å². The van der Waals surface area contributed by atoms with E-state index in [0.29, 0.717) is 12.2 Å². The van der Waals surface area contributed by atoms with Crippen LogP contribution in [0.2, 0.25) is 0 Å². The summed E-state index contributed by atoms with van der Waals surface area (Å²) >= 11 is 0. The van der Waals surface area contributed by atoms with Crippen LogP contribution in [0.1, 0.15) is 15.9 Å². The van der Waals surface area contributed by atoms with Crippen molar-refractivity contribution in [2.24, 2.45) is 0 Å². The second-order valence-electron chi connectivity index (χ2n) is 5.15. The van der Waals surface area contributed by atoms with Crippen molar-refractivity contribution in [1.29, 1.82) is 0 Å². The van der Waals surface area contributed by atoms with Crippen LogP contribution < -0.4 is 0 Å². The van der Waals surface area contributed by atoms with Crippen molar-refractivity contribution < 1.29 is 9.53 Å². The normalized spacial score (nSPS) is 17.4. The summed E-state index contributed by atoms with van der Waals surface area (Å²) in [6.45, 7) is 7.58. The summed E-state index contributed by atoms with van der Waals surface area (Å²) in [5.41, 5.74) is 1.78. The van der Waals surface area contributed by atoms with Gasteiger partial charge in [0.15, 0.2) is 0 Å². The summed E-state index contributed by atoms with van der Waals surface area (Å²) in [6, 6.07) is 7.48. The molecular weight excluding hydrogens is 240 g/mol. The standard InChI is InChI=1S/C15H22N2O2/c1-13-3-5-14(6-4-13)15(18)19-12-11-17-9-7-16(2)8-10-17/h3-6H,7-12H2,1-2H3. The van der Waals surface area contributed by atoms with Crippen LogP contribution in [0.25, 0.3) is 0 Å². The molecule has 1 fully saturated rings. The predicted molar refractivity (Wildman–Crippen MR) is 75.4 cm³/mol. The van der Waals surface area contributed by atoms with Crippen LogP contribution >= 0.6 is 0 Å². The van der Waals surface area contributed by atoms with Gasteiger partial charge in [-0.25, -0.2) is 4.79 Å². The molecule has 0 aliphatic carbocycles. The molecule has 0 spiro atoms. The number of ether oxygens (including phenoxy) is 1. The molecule has 4 heteroatoms. The molecule has 0 saturated carbocycles. The van der Waals surface area contributed by atoms with Gasteiger partial charge >= 0.3 is 5.97 Å². The Morgan fingerprint density at radius 1 is 1.16 bits per heavy atom. The molecule has 4 nitrogen and oxygen atoms in total. The van der Waals surface area contributed by atoms with Gasteiger partial charge in [0.2, 0.25) is 0 Å². The maximum atomic E-state index is 11.8. The number of likely N-dealkylation sites (N-methyl/N-ethyl adjacent to an activating group) is 1. The van der Waals surface area contributed by atoms with E-state index in [1.807, 2.05) is 31.2 Å². The molecule has 1 aliphatic rings. The Hall–Kier alpha value is -1.39. The van der Waals surface area contributed by atoms with Gasteiger partial charge in [0, 0.05) is 32.7 Å². The quantitative estimate of drug-likeness (QED) is 0.768. The van der Waals surface area contributed by atoms with Crippen LogP contribution in [0.15, 0.2) is 24.3 Å². The third-order valence-electron chi connectivity index (χ3n) is 3.52. The first-order chi connectivity index (χ1) is 9.15. The largest absolute Gasteiger partial charge is 0.461 e. The third kappa shape index (κ3) is 4.33. The van der Waals surface area contributed by atoms with Crippen molar-refractivity contribution in [3.8, 4) is 0 Å². The van der Waals surface area contributed by atoms with Crippen LogP contribution in [0.5, 0.6) is 0 Å². The fourth-order valence-corrected chi connectivity index (χ4v) is 2.11. The van der Waals surface area contributed by atoms with E-state index in [1.165, 1.54) is 0 Å². The first kappa shape index (κ1) is 14.0. The minimum Gasteiger partial charge on any atom is -0.461 e. The van der Waals surface area contributed by atoms with E-state index in [0.717, 1.165) is 38.3 Å². The monoisotopic (exact) mass is 262 g/mol. The van der Waals surface area contributed by atoms with Gasteiger partial charge in [0.25, 0.3) is 0 Å². The number of hydrogen-bond donors (Lipinski definition) is 0. The Morgan fingerprint density at radius 3 is 2.42 bits per heavy atom. The fraction of sp³-hybridized carbons (Fsp3) is 0.533. The van der Waals surface area contributed by atoms with E-state index in [1.54, 1.807) is 0 Å². The highest BCUT2D eigenvalue weighted by Gasteiger charge is 2.14. The highest BCUT2D eigenvalue weighted by molar-refractivity contribution is 5.89. The van der Waals surface area contributed by atoms with Crippen molar-refractivity contribution in [2.75, 3.05) is 46.4 Å². The summed E-state index contributed by atoms with van der Waals surface area (Å²) < 4.78 is 5.30. The molecule has 2 rings (SSSR count). The Kier molecular flexibility index (Phi) is 4.93. The summed E-state index contributed by atoms with van der Waals surface area (Å²) in [7, 11) is 2.13. The zero-order valence-electron chi connectivity index (χ0n) is 11.8. The molecule has 104 valence electrons. The van der Waals surface area contributed by atoms with Crippen LogP contribution in [0.4, 0.5) is 0 Å². The highest BCUT2D eigenvalue weighted by Crippen LogP contribution is 2.05. The molecule has 0 radical (unpaired) electrons. The van der Waals surface area contributed by atoms with Crippen LogP contribution in [-0.2, 0) is 4.74 Å². The maximum absolute atomic E-state index is 11.8. The van der Waals surface area contributed by atoms with Gasteiger partial charge in [-0.2, -0.15) is 0 Å². The average Bonchev–Trinajstić information content (AvgIpc) is 2.41. The van der Waals surface area contributed by atoms with Crippen molar-refractivity contribution in [1.82, 2.24) is 9.80 Å². The van der Waals surface area contributed by atoms with E-state index >= 15 is 0 Å². The SMILES string of the molecule is Cc1ccc(C(=O)OCCN2CCN(C)CC2)cc1. The van der Waals surface area contributed by atoms with Gasteiger partial charge in [-0.3, -0.25) is 4.90 Å². The molecule has 0 atom stereocenters. The number of aryl methyl sites for hydroxylation is 1. The number of piperazine rings is 1. The summed E-state index contributed by atoms with van der Waals surface area (Å²) in [4.78, 5) is 16.5. The number of nitrogens with zero attached hydrogens (tertiary/aromatic N) is 2. The van der Waals surface area contributed by atoms with Crippen molar-refractivity contribution in [2.45, 2.75) is 6.92 Å². The third-order valence-corrected chi connectivity index (χ3v) is 3.52. The molecule has 0 amide bonds. The lowest BCUT2D eigenvalue weighted by Crippen LogP contribution is -2.45. The zero-order valence-corrected chi connectivity index (χ0v) is 11.8. The van der Waals surface area contributed by atoms with Crippen LogP contribution in [-0.4, -0.2) is 62.1 Å². The zero-order chi connectivity index (χ0) is 13.7. The lowest BCUT2D eigenvalue weighted by molar-refractivity contribution is 0.0432. The number of rotatable bonds is 4. The number of carbonyl (C=O) groups excluding carboxylic acids is 1. The van der Waals surface area contributed by atoms with Crippen LogP contribution in [0, 0.1) is 6.92 Å². The molecule has 1 heterocycles. The fourth-order valence-electron chi connectivity index (χ4n) is 2.11. The molecule has 0 bridgehead atoms. The molecule has 0 unspecified atom stereocenters. The topological polar surface area (TPSA) is 32.8 Å². The summed E-state index contributed by atoms with van der Waals surface area (Å²) in [5.74, 6) is -0.228. The minimum absolute atomic E-state index is 0.228. The Balaban J connectivity index is 1.70. The summed E-state index contributed by atoms with van der Waals surface area (Å²) in [5, 5.41) is 0. The molecule has 1 saturated heterocycles.